The molecule has 2 aromatic rings. The number of amides is 1. The van der Waals surface area contributed by atoms with Crippen molar-refractivity contribution in [2.75, 3.05) is 13.1 Å². The van der Waals surface area contributed by atoms with Crippen LogP contribution in [-0.4, -0.2) is 41.8 Å². The number of phenols is 1. The van der Waals surface area contributed by atoms with Crippen molar-refractivity contribution < 1.29 is 18.3 Å². The lowest BCUT2D eigenvalue weighted by atomic mass is 10.2. The molecule has 0 spiro atoms. The van der Waals surface area contributed by atoms with E-state index in [-0.39, 0.29) is 22.8 Å². The molecule has 25 heavy (non-hydrogen) atoms. The standard InChI is InChI=1S/C17H19N3O4S/c21-16-6-5-14(25(23,24)20-8-1-2-9-20)10-15(16)17(22)19-12-13-4-3-7-18-11-13/h3-7,10-11,21H,1-2,8-9,12H2,(H,19,22). The van der Waals surface area contributed by atoms with Crippen LogP contribution in [0.4, 0.5) is 0 Å². The molecule has 132 valence electrons. The van der Waals surface area contributed by atoms with Crippen molar-refractivity contribution in [1.82, 2.24) is 14.6 Å². The molecule has 1 aliphatic rings. The van der Waals surface area contributed by atoms with Crippen LogP contribution in [0.5, 0.6) is 5.75 Å². The Morgan fingerprint density at radius 1 is 1.24 bits per heavy atom. The first-order chi connectivity index (χ1) is 12.0. The van der Waals surface area contributed by atoms with Crippen LogP contribution >= 0.6 is 0 Å². The van der Waals surface area contributed by atoms with E-state index in [1.54, 1.807) is 24.5 Å². The summed E-state index contributed by atoms with van der Waals surface area (Å²) in [6.45, 7) is 1.19. The van der Waals surface area contributed by atoms with E-state index in [1.807, 2.05) is 0 Å². The van der Waals surface area contributed by atoms with Gasteiger partial charge in [0.15, 0.2) is 0 Å². The van der Waals surface area contributed by atoms with Crippen LogP contribution in [0.3, 0.4) is 0 Å². The summed E-state index contributed by atoms with van der Waals surface area (Å²) in [5.74, 6) is -0.802. The lowest BCUT2D eigenvalue weighted by molar-refractivity contribution is 0.0948. The number of benzene rings is 1. The summed E-state index contributed by atoms with van der Waals surface area (Å²) in [5, 5.41) is 12.6. The summed E-state index contributed by atoms with van der Waals surface area (Å²) < 4.78 is 26.6. The van der Waals surface area contributed by atoms with Crippen LogP contribution in [0.2, 0.25) is 0 Å². The average molecular weight is 361 g/mol. The number of aromatic hydroxyl groups is 1. The highest BCUT2D eigenvalue weighted by Crippen LogP contribution is 2.25. The summed E-state index contributed by atoms with van der Waals surface area (Å²) in [6.07, 6.45) is 4.91. The number of phenolic OH excluding ortho intramolecular Hbond substituents is 1. The molecule has 2 N–H and O–H groups in total. The molecule has 0 bridgehead atoms. The van der Waals surface area contributed by atoms with Gasteiger partial charge in [0.2, 0.25) is 10.0 Å². The van der Waals surface area contributed by atoms with E-state index in [0.717, 1.165) is 18.4 Å². The van der Waals surface area contributed by atoms with Crippen molar-refractivity contribution in [2.45, 2.75) is 24.3 Å². The fourth-order valence-corrected chi connectivity index (χ4v) is 4.26. The number of nitrogens with one attached hydrogen (secondary N) is 1. The van der Waals surface area contributed by atoms with Gasteiger partial charge in [0.25, 0.3) is 5.91 Å². The third-order valence-corrected chi connectivity index (χ3v) is 5.99. The van der Waals surface area contributed by atoms with Crippen LogP contribution in [0.1, 0.15) is 28.8 Å². The lowest BCUT2D eigenvalue weighted by Gasteiger charge is -2.16. The Bertz CT molecular complexity index is 863. The normalized spacial score (nSPS) is 15.2. The summed E-state index contributed by atoms with van der Waals surface area (Å²) in [6, 6.07) is 7.34. The molecule has 1 fully saturated rings. The predicted octanol–water partition coefficient (Wildman–Crippen LogP) is 1.50. The first kappa shape index (κ1) is 17.4. The van der Waals surface area contributed by atoms with E-state index < -0.39 is 15.9 Å². The molecule has 1 saturated heterocycles. The second-order valence-corrected chi connectivity index (χ2v) is 7.77. The van der Waals surface area contributed by atoms with Crippen molar-refractivity contribution in [3.8, 4) is 5.75 Å². The molecule has 8 heteroatoms. The van der Waals surface area contributed by atoms with Crippen molar-refractivity contribution in [3.63, 3.8) is 0 Å². The zero-order valence-corrected chi connectivity index (χ0v) is 14.4. The molecule has 0 radical (unpaired) electrons. The van der Waals surface area contributed by atoms with E-state index in [0.29, 0.717) is 13.1 Å². The molecule has 1 aliphatic heterocycles. The predicted molar refractivity (Wildman–Crippen MR) is 91.5 cm³/mol. The van der Waals surface area contributed by atoms with Crippen molar-refractivity contribution in [1.29, 1.82) is 0 Å². The van der Waals surface area contributed by atoms with Gasteiger partial charge in [-0.1, -0.05) is 6.07 Å². The average Bonchev–Trinajstić information content (AvgIpc) is 3.16. The van der Waals surface area contributed by atoms with E-state index in [2.05, 4.69) is 10.3 Å². The summed E-state index contributed by atoms with van der Waals surface area (Å²) in [7, 11) is -3.65. The van der Waals surface area contributed by atoms with Gasteiger partial charge in [-0.05, 0) is 42.7 Å². The monoisotopic (exact) mass is 361 g/mol. The third-order valence-electron chi connectivity index (χ3n) is 4.09. The number of pyridine rings is 1. The second kappa shape index (κ2) is 7.20. The molecule has 0 atom stereocenters. The van der Waals surface area contributed by atoms with Gasteiger partial charge in [0, 0.05) is 32.0 Å². The van der Waals surface area contributed by atoms with Gasteiger partial charge in [-0.2, -0.15) is 4.31 Å². The minimum atomic E-state index is -3.65. The Hall–Kier alpha value is -2.45. The zero-order chi connectivity index (χ0) is 17.9. The van der Waals surface area contributed by atoms with Gasteiger partial charge in [-0.25, -0.2) is 8.42 Å². The topological polar surface area (TPSA) is 99.6 Å². The first-order valence-corrected chi connectivity index (χ1v) is 9.43. The highest BCUT2D eigenvalue weighted by atomic mass is 32.2. The van der Waals surface area contributed by atoms with Gasteiger partial charge in [-0.3, -0.25) is 9.78 Å². The molecule has 0 aliphatic carbocycles. The van der Waals surface area contributed by atoms with Crippen molar-refractivity contribution in [3.05, 3.63) is 53.9 Å². The smallest absolute Gasteiger partial charge is 0.255 e. The minimum absolute atomic E-state index is 0.0127. The quantitative estimate of drug-likeness (QED) is 0.841. The van der Waals surface area contributed by atoms with Crippen LogP contribution in [0.25, 0.3) is 0 Å². The Morgan fingerprint density at radius 3 is 2.68 bits per heavy atom. The number of rotatable bonds is 5. The van der Waals surface area contributed by atoms with Crippen LogP contribution in [0.15, 0.2) is 47.6 Å². The maximum atomic E-state index is 12.6. The Kier molecular flexibility index (Phi) is 5.00. The van der Waals surface area contributed by atoms with Crippen LogP contribution in [0, 0.1) is 0 Å². The number of sulfonamides is 1. The van der Waals surface area contributed by atoms with Crippen molar-refractivity contribution in [2.24, 2.45) is 0 Å². The van der Waals surface area contributed by atoms with Crippen LogP contribution < -0.4 is 5.32 Å². The number of aromatic nitrogens is 1. The Labute approximate surface area is 146 Å². The molecule has 3 rings (SSSR count). The molecule has 0 saturated carbocycles. The third kappa shape index (κ3) is 3.80. The molecule has 1 aromatic carbocycles. The largest absolute Gasteiger partial charge is 0.507 e. The number of carbonyl (C=O) groups is 1. The van der Waals surface area contributed by atoms with Gasteiger partial charge in [-0.15, -0.1) is 0 Å². The molecular formula is C17H19N3O4S. The summed E-state index contributed by atoms with van der Waals surface area (Å²) >= 11 is 0. The molecule has 0 unspecified atom stereocenters. The molecule has 1 aromatic heterocycles. The molecule has 1 amide bonds. The van der Waals surface area contributed by atoms with Crippen LogP contribution in [-0.2, 0) is 16.6 Å². The maximum absolute atomic E-state index is 12.6. The number of hydrogen-bond acceptors (Lipinski definition) is 5. The number of carbonyl (C=O) groups excluding carboxylic acids is 1. The minimum Gasteiger partial charge on any atom is -0.507 e. The van der Waals surface area contributed by atoms with E-state index in [9.17, 15) is 18.3 Å². The van der Waals surface area contributed by atoms with Gasteiger partial charge < -0.3 is 10.4 Å². The van der Waals surface area contributed by atoms with E-state index >= 15 is 0 Å². The fraction of sp³-hybridized carbons (Fsp3) is 0.294. The van der Waals surface area contributed by atoms with E-state index in [1.165, 1.54) is 22.5 Å². The zero-order valence-electron chi connectivity index (χ0n) is 13.6. The SMILES string of the molecule is O=C(NCc1cccnc1)c1cc(S(=O)(=O)N2CCCC2)ccc1O. The molecular weight excluding hydrogens is 342 g/mol. The highest BCUT2D eigenvalue weighted by Gasteiger charge is 2.28. The summed E-state index contributed by atoms with van der Waals surface area (Å²) in [4.78, 5) is 16.3. The highest BCUT2D eigenvalue weighted by molar-refractivity contribution is 7.89. The first-order valence-electron chi connectivity index (χ1n) is 7.99. The maximum Gasteiger partial charge on any atom is 0.255 e. The van der Waals surface area contributed by atoms with Crippen molar-refractivity contribution >= 4 is 15.9 Å². The Balaban J connectivity index is 1.80. The summed E-state index contributed by atoms with van der Waals surface area (Å²) in [5.41, 5.74) is 0.736. The molecule has 2 heterocycles. The number of nitrogens with zero attached hydrogens (tertiary/aromatic N) is 2. The number of hydrogen-bond donors (Lipinski definition) is 2. The second-order valence-electron chi connectivity index (χ2n) is 5.83. The fourth-order valence-electron chi connectivity index (χ4n) is 2.72. The van der Waals surface area contributed by atoms with E-state index in [4.69, 9.17) is 0 Å². The van der Waals surface area contributed by atoms with Gasteiger partial charge >= 0.3 is 0 Å². The lowest BCUT2D eigenvalue weighted by Crippen LogP contribution is -2.28. The Morgan fingerprint density at radius 2 is 2.00 bits per heavy atom. The van der Waals surface area contributed by atoms with Gasteiger partial charge in [0.1, 0.15) is 5.75 Å². The van der Waals surface area contributed by atoms with Gasteiger partial charge in [0.05, 0.1) is 10.5 Å². The molecule has 7 nitrogen and oxygen atoms in total.